The zero-order valence-corrected chi connectivity index (χ0v) is 13.5. The molecule has 124 valence electrons. The van der Waals surface area contributed by atoms with Crippen LogP contribution in [0.15, 0.2) is 48.2 Å². The van der Waals surface area contributed by atoms with E-state index >= 15 is 0 Å². The maximum absolute atomic E-state index is 12.7. The van der Waals surface area contributed by atoms with E-state index in [0.717, 1.165) is 10.5 Å². The number of benzene rings is 1. The Labute approximate surface area is 140 Å². The first kappa shape index (κ1) is 16.2. The summed E-state index contributed by atoms with van der Waals surface area (Å²) in [5.41, 5.74) is 0.724. The number of ether oxygens (including phenoxy) is 1. The van der Waals surface area contributed by atoms with E-state index in [0.29, 0.717) is 12.8 Å². The lowest BCUT2D eigenvalue weighted by atomic mass is 9.85. The molecule has 1 aliphatic carbocycles. The van der Waals surface area contributed by atoms with Crippen LogP contribution >= 0.6 is 0 Å². The van der Waals surface area contributed by atoms with Crippen molar-refractivity contribution in [3.05, 3.63) is 53.7 Å². The van der Waals surface area contributed by atoms with Gasteiger partial charge >= 0.3 is 5.97 Å². The number of rotatable bonds is 4. The fourth-order valence-electron chi connectivity index (χ4n) is 3.16. The molecular formula is C19H19NO4. The molecule has 0 aromatic heterocycles. The van der Waals surface area contributed by atoms with Crippen LogP contribution in [-0.2, 0) is 19.1 Å². The van der Waals surface area contributed by atoms with Crippen molar-refractivity contribution in [3.63, 3.8) is 0 Å². The molecular weight excluding hydrogens is 306 g/mol. The fraction of sp³-hybridized carbons (Fsp3) is 0.316. The molecule has 24 heavy (non-hydrogen) atoms. The summed E-state index contributed by atoms with van der Waals surface area (Å²) in [5.74, 6) is -2.05. The lowest BCUT2D eigenvalue weighted by molar-refractivity contribution is -0.147. The number of allylic oxidation sites excluding steroid dienone is 2. The lowest BCUT2D eigenvalue weighted by Crippen LogP contribution is -2.34. The number of nitrogens with zero attached hydrogens (tertiary/aromatic N) is 1. The summed E-state index contributed by atoms with van der Waals surface area (Å²) >= 11 is 0. The molecule has 0 N–H and O–H groups in total. The highest BCUT2D eigenvalue weighted by Crippen LogP contribution is 2.37. The van der Waals surface area contributed by atoms with Crippen LogP contribution < -0.4 is 0 Å². The van der Waals surface area contributed by atoms with Crippen molar-refractivity contribution >= 4 is 23.9 Å². The third-order valence-electron chi connectivity index (χ3n) is 4.34. The minimum Gasteiger partial charge on any atom is -0.461 e. The Kier molecular flexibility index (Phi) is 4.60. The van der Waals surface area contributed by atoms with Crippen molar-refractivity contribution in [2.45, 2.75) is 19.8 Å². The van der Waals surface area contributed by atoms with Crippen LogP contribution in [0.3, 0.4) is 0 Å². The third kappa shape index (κ3) is 2.89. The Bertz CT molecular complexity index is 694. The highest BCUT2D eigenvalue weighted by molar-refractivity contribution is 6.13. The van der Waals surface area contributed by atoms with Crippen LogP contribution in [0.4, 0.5) is 0 Å². The molecule has 2 amide bonds. The highest BCUT2D eigenvalue weighted by Gasteiger charge is 2.49. The highest BCUT2D eigenvalue weighted by atomic mass is 16.5. The van der Waals surface area contributed by atoms with E-state index in [4.69, 9.17) is 4.74 Å². The van der Waals surface area contributed by atoms with Gasteiger partial charge in [-0.25, -0.2) is 9.69 Å². The van der Waals surface area contributed by atoms with Crippen LogP contribution in [0.1, 0.15) is 25.3 Å². The fourth-order valence-corrected chi connectivity index (χ4v) is 3.16. The first-order valence-electron chi connectivity index (χ1n) is 8.10. The second kappa shape index (κ2) is 6.83. The van der Waals surface area contributed by atoms with E-state index in [1.807, 2.05) is 30.4 Å². The van der Waals surface area contributed by atoms with Crippen molar-refractivity contribution in [3.8, 4) is 0 Å². The first-order chi connectivity index (χ1) is 11.6. The second-order valence-electron chi connectivity index (χ2n) is 5.83. The molecule has 0 saturated carbocycles. The zero-order valence-electron chi connectivity index (χ0n) is 13.5. The number of fused-ring (bicyclic) bond motifs is 1. The van der Waals surface area contributed by atoms with Crippen LogP contribution in [-0.4, -0.2) is 29.3 Å². The zero-order chi connectivity index (χ0) is 17.1. The van der Waals surface area contributed by atoms with Crippen molar-refractivity contribution in [1.29, 1.82) is 0 Å². The van der Waals surface area contributed by atoms with E-state index < -0.39 is 5.97 Å². The van der Waals surface area contributed by atoms with Crippen molar-refractivity contribution in [2.24, 2.45) is 11.8 Å². The number of likely N-dealkylation sites (tertiary alicyclic amines) is 1. The van der Waals surface area contributed by atoms with Gasteiger partial charge in [0, 0.05) is 0 Å². The standard InChI is InChI=1S/C19H19NO4/c1-2-24-19(23)16(12-13-8-4-3-5-9-13)20-17(21)14-10-6-7-11-15(14)18(20)22/h3-9,12,14-15H,2,10-11H2,1H3/b16-12-. The lowest BCUT2D eigenvalue weighted by Gasteiger charge is -2.17. The Morgan fingerprint density at radius 2 is 1.71 bits per heavy atom. The molecule has 2 aliphatic rings. The molecule has 1 fully saturated rings. The summed E-state index contributed by atoms with van der Waals surface area (Å²) in [7, 11) is 0. The predicted molar refractivity (Wildman–Crippen MR) is 88.3 cm³/mol. The monoisotopic (exact) mass is 325 g/mol. The number of hydrogen-bond donors (Lipinski definition) is 0. The van der Waals surface area contributed by atoms with Crippen LogP contribution in [0.2, 0.25) is 0 Å². The minimum atomic E-state index is -0.658. The molecule has 0 bridgehead atoms. The summed E-state index contributed by atoms with van der Waals surface area (Å²) in [6, 6.07) is 9.11. The summed E-state index contributed by atoms with van der Waals surface area (Å²) in [4.78, 5) is 38.8. The summed E-state index contributed by atoms with van der Waals surface area (Å²) in [6.45, 7) is 1.87. The van der Waals surface area contributed by atoms with Gasteiger partial charge in [-0.2, -0.15) is 0 Å². The van der Waals surface area contributed by atoms with E-state index in [-0.39, 0.29) is 36.0 Å². The predicted octanol–water partition coefficient (Wildman–Crippen LogP) is 2.54. The second-order valence-corrected chi connectivity index (χ2v) is 5.83. The maximum Gasteiger partial charge on any atom is 0.355 e. The van der Waals surface area contributed by atoms with E-state index in [1.165, 1.54) is 0 Å². The molecule has 1 saturated heterocycles. The average Bonchev–Trinajstić information content (AvgIpc) is 2.86. The van der Waals surface area contributed by atoms with Crippen LogP contribution in [0.25, 0.3) is 6.08 Å². The van der Waals surface area contributed by atoms with Gasteiger partial charge in [0.15, 0.2) is 0 Å². The Morgan fingerprint density at radius 3 is 2.25 bits per heavy atom. The van der Waals surface area contributed by atoms with Gasteiger partial charge in [0.25, 0.3) is 0 Å². The molecule has 1 aromatic carbocycles. The van der Waals surface area contributed by atoms with Crippen molar-refractivity contribution in [2.75, 3.05) is 6.61 Å². The van der Waals surface area contributed by atoms with Gasteiger partial charge in [0.05, 0.1) is 18.4 Å². The van der Waals surface area contributed by atoms with Gasteiger partial charge in [0.1, 0.15) is 5.70 Å². The minimum absolute atomic E-state index is 0.00699. The SMILES string of the molecule is CCOC(=O)/C(=C/c1ccccc1)N1C(=O)C2CC=CCC2C1=O. The number of carbonyl (C=O) groups excluding carboxylic acids is 3. The molecule has 0 spiro atoms. The van der Waals surface area contributed by atoms with Gasteiger partial charge in [-0.05, 0) is 31.4 Å². The Balaban J connectivity index is 2.00. The number of carbonyl (C=O) groups is 3. The normalized spacial score (nSPS) is 23.4. The molecule has 5 nitrogen and oxygen atoms in total. The van der Waals surface area contributed by atoms with Gasteiger partial charge < -0.3 is 4.74 Å². The molecule has 1 aromatic rings. The molecule has 3 rings (SSSR count). The van der Waals surface area contributed by atoms with E-state index in [1.54, 1.807) is 25.1 Å². The third-order valence-corrected chi connectivity index (χ3v) is 4.34. The van der Waals surface area contributed by atoms with Gasteiger partial charge in [-0.15, -0.1) is 0 Å². The molecule has 2 unspecified atom stereocenters. The topological polar surface area (TPSA) is 63.7 Å². The summed E-state index contributed by atoms with van der Waals surface area (Å²) in [6.07, 6.45) is 6.44. The van der Waals surface area contributed by atoms with Crippen molar-refractivity contribution in [1.82, 2.24) is 4.90 Å². The van der Waals surface area contributed by atoms with Crippen LogP contribution in [0.5, 0.6) is 0 Å². The Hall–Kier alpha value is -2.69. The maximum atomic E-state index is 12.7. The number of esters is 1. The largest absolute Gasteiger partial charge is 0.461 e. The molecule has 1 aliphatic heterocycles. The molecule has 0 radical (unpaired) electrons. The molecule has 1 heterocycles. The quantitative estimate of drug-likeness (QED) is 0.369. The van der Waals surface area contributed by atoms with Gasteiger partial charge in [0.2, 0.25) is 11.8 Å². The van der Waals surface area contributed by atoms with Crippen LogP contribution in [0, 0.1) is 11.8 Å². The average molecular weight is 325 g/mol. The Morgan fingerprint density at radius 1 is 1.12 bits per heavy atom. The van der Waals surface area contributed by atoms with Gasteiger partial charge in [-0.1, -0.05) is 42.5 Å². The van der Waals surface area contributed by atoms with E-state index in [9.17, 15) is 14.4 Å². The number of imide groups is 1. The van der Waals surface area contributed by atoms with E-state index in [2.05, 4.69) is 0 Å². The van der Waals surface area contributed by atoms with Crippen molar-refractivity contribution < 1.29 is 19.1 Å². The number of hydrogen-bond acceptors (Lipinski definition) is 4. The summed E-state index contributed by atoms with van der Waals surface area (Å²) < 4.78 is 5.07. The number of amides is 2. The van der Waals surface area contributed by atoms with Gasteiger partial charge in [-0.3, -0.25) is 9.59 Å². The summed E-state index contributed by atoms with van der Waals surface area (Å²) in [5, 5.41) is 0. The molecule has 2 atom stereocenters. The smallest absolute Gasteiger partial charge is 0.355 e. The molecule has 5 heteroatoms. The first-order valence-corrected chi connectivity index (χ1v) is 8.10.